The lowest BCUT2D eigenvalue weighted by atomic mass is 9.96. The Balaban J connectivity index is 2.13. The molecule has 3 nitrogen and oxygen atoms in total. The first-order chi connectivity index (χ1) is 13.1. The number of hydrogen-bond acceptors (Lipinski definition) is 3. The van der Waals surface area contributed by atoms with Crippen LogP contribution in [0.4, 0.5) is 5.82 Å². The number of nitrogens with zero attached hydrogens (tertiary/aromatic N) is 2. The minimum Gasteiger partial charge on any atom is -0.366 e. The van der Waals surface area contributed by atoms with Crippen LogP contribution in [0.5, 0.6) is 0 Å². The maximum absolute atomic E-state index is 5.87. The highest BCUT2D eigenvalue weighted by atomic mass is 15.0. The summed E-state index contributed by atoms with van der Waals surface area (Å²) in [6.45, 7) is 8.70. The Kier molecular flexibility index (Phi) is 6.16. The summed E-state index contributed by atoms with van der Waals surface area (Å²) in [6.07, 6.45) is 13.2. The summed E-state index contributed by atoms with van der Waals surface area (Å²) >= 11 is 0. The van der Waals surface area contributed by atoms with Gasteiger partial charge in [0.2, 0.25) is 0 Å². The first-order valence-corrected chi connectivity index (χ1v) is 10.4. The molecule has 3 rings (SSSR count). The highest BCUT2D eigenvalue weighted by molar-refractivity contribution is 5.73. The molecule has 27 heavy (non-hydrogen) atoms. The van der Waals surface area contributed by atoms with E-state index in [0.29, 0.717) is 6.04 Å². The molecule has 1 aromatic carbocycles. The van der Waals surface area contributed by atoms with Crippen LogP contribution in [-0.4, -0.2) is 16.0 Å². The van der Waals surface area contributed by atoms with Crippen molar-refractivity contribution in [1.82, 2.24) is 9.97 Å². The van der Waals surface area contributed by atoms with E-state index < -0.39 is 0 Å². The normalized spacial score (nSPS) is 12.9. The molecule has 0 radical (unpaired) electrons. The van der Waals surface area contributed by atoms with E-state index in [-0.39, 0.29) is 0 Å². The number of anilines is 1. The highest BCUT2D eigenvalue weighted by Gasteiger charge is 2.20. The van der Waals surface area contributed by atoms with Gasteiger partial charge in [-0.15, -0.1) is 6.42 Å². The fourth-order valence-electron chi connectivity index (χ4n) is 3.95. The predicted molar refractivity (Wildman–Crippen MR) is 114 cm³/mol. The van der Waals surface area contributed by atoms with Crippen LogP contribution in [0.15, 0.2) is 12.1 Å². The van der Waals surface area contributed by atoms with Gasteiger partial charge in [0, 0.05) is 17.2 Å². The molecule has 3 heteroatoms. The lowest BCUT2D eigenvalue weighted by Gasteiger charge is -2.20. The average Bonchev–Trinajstić information content (AvgIpc) is 3.17. The summed E-state index contributed by atoms with van der Waals surface area (Å²) in [6, 6.07) is 4.90. The lowest BCUT2D eigenvalue weighted by Crippen LogP contribution is -2.20. The van der Waals surface area contributed by atoms with Gasteiger partial charge in [0.25, 0.3) is 0 Å². The van der Waals surface area contributed by atoms with Gasteiger partial charge in [0.15, 0.2) is 0 Å². The zero-order valence-corrected chi connectivity index (χ0v) is 17.2. The van der Waals surface area contributed by atoms with Gasteiger partial charge in [-0.05, 0) is 68.2 Å². The van der Waals surface area contributed by atoms with Crippen molar-refractivity contribution in [3.63, 3.8) is 0 Å². The molecule has 1 aliphatic carbocycles. The van der Waals surface area contributed by atoms with Crippen LogP contribution in [0.25, 0.3) is 11.3 Å². The average molecular weight is 362 g/mol. The third-order valence-corrected chi connectivity index (χ3v) is 5.68. The molecule has 2 aromatic rings. The quantitative estimate of drug-likeness (QED) is 0.677. The van der Waals surface area contributed by atoms with Gasteiger partial charge >= 0.3 is 0 Å². The fourth-order valence-corrected chi connectivity index (χ4v) is 3.95. The maximum Gasteiger partial charge on any atom is 0.148 e. The van der Waals surface area contributed by atoms with Gasteiger partial charge in [-0.1, -0.05) is 33.6 Å². The largest absolute Gasteiger partial charge is 0.366 e. The topological polar surface area (TPSA) is 37.8 Å². The first kappa shape index (κ1) is 19.4. The number of hydrogen-bond donors (Lipinski definition) is 1. The second-order valence-electron chi connectivity index (χ2n) is 7.34. The zero-order valence-electron chi connectivity index (χ0n) is 17.2. The van der Waals surface area contributed by atoms with Gasteiger partial charge in [0.1, 0.15) is 5.82 Å². The molecule has 1 aliphatic rings. The third kappa shape index (κ3) is 3.86. The number of aryl methyl sites for hydroxylation is 4. The second-order valence-corrected chi connectivity index (χ2v) is 7.34. The van der Waals surface area contributed by atoms with E-state index in [2.05, 4.69) is 51.1 Å². The number of fused-ring (bicyclic) bond motifs is 1. The molecule has 1 heterocycles. The van der Waals surface area contributed by atoms with Crippen LogP contribution >= 0.6 is 0 Å². The minimum atomic E-state index is 0.432. The molecule has 1 aromatic heterocycles. The summed E-state index contributed by atoms with van der Waals surface area (Å²) < 4.78 is 0. The van der Waals surface area contributed by atoms with E-state index in [1.807, 2.05) is 0 Å². The van der Waals surface area contributed by atoms with Crippen molar-refractivity contribution in [1.29, 1.82) is 0 Å². The monoisotopic (exact) mass is 361 g/mol. The molecule has 0 aliphatic heterocycles. The van der Waals surface area contributed by atoms with Crippen LogP contribution in [0.2, 0.25) is 0 Å². The van der Waals surface area contributed by atoms with Gasteiger partial charge in [-0.2, -0.15) is 0 Å². The van der Waals surface area contributed by atoms with Gasteiger partial charge in [-0.25, -0.2) is 9.97 Å². The maximum atomic E-state index is 5.87. The van der Waals surface area contributed by atoms with Crippen molar-refractivity contribution >= 4 is 5.82 Å². The number of rotatable bonds is 7. The molecule has 0 saturated heterocycles. The van der Waals surface area contributed by atoms with E-state index in [4.69, 9.17) is 16.4 Å². The van der Waals surface area contributed by atoms with Crippen molar-refractivity contribution in [2.75, 3.05) is 5.32 Å². The van der Waals surface area contributed by atoms with Crippen molar-refractivity contribution in [2.45, 2.75) is 78.7 Å². The molecule has 0 atom stereocenters. The third-order valence-electron chi connectivity index (χ3n) is 5.68. The Morgan fingerprint density at radius 2 is 1.67 bits per heavy atom. The van der Waals surface area contributed by atoms with Crippen molar-refractivity contribution in [3.05, 3.63) is 40.2 Å². The van der Waals surface area contributed by atoms with Gasteiger partial charge < -0.3 is 5.32 Å². The standard InChI is InChI=1S/C24H31N3/c1-6-16-14-17-12-11-13-18(17)15-20(16)23-21(9-4)27-24(22(10-5)26-23)25-19(7-2)8-3/h1,14-15,19H,7-13H2,2-5H3,(H,25,27). The fraction of sp³-hybridized carbons (Fsp3) is 0.500. The van der Waals surface area contributed by atoms with Crippen molar-refractivity contribution in [3.8, 4) is 23.6 Å². The molecule has 0 fully saturated rings. The number of nitrogens with one attached hydrogen (secondary N) is 1. The summed E-state index contributed by atoms with van der Waals surface area (Å²) in [5.41, 5.74) is 7.86. The molecule has 0 amide bonds. The minimum absolute atomic E-state index is 0.432. The van der Waals surface area contributed by atoms with Crippen LogP contribution in [-0.2, 0) is 25.7 Å². The summed E-state index contributed by atoms with van der Waals surface area (Å²) in [5, 5.41) is 3.61. The number of benzene rings is 1. The molecule has 0 spiro atoms. The van der Waals surface area contributed by atoms with Crippen LogP contribution in [0.1, 0.15) is 75.0 Å². The van der Waals surface area contributed by atoms with Crippen LogP contribution in [0.3, 0.4) is 0 Å². The van der Waals surface area contributed by atoms with Gasteiger partial charge in [-0.3, -0.25) is 0 Å². The Hall–Kier alpha value is -2.34. The van der Waals surface area contributed by atoms with Crippen LogP contribution in [0, 0.1) is 12.3 Å². The molecule has 1 N–H and O–H groups in total. The summed E-state index contributed by atoms with van der Waals surface area (Å²) in [7, 11) is 0. The van der Waals surface area contributed by atoms with Crippen LogP contribution < -0.4 is 5.32 Å². The molecule has 0 unspecified atom stereocenters. The van der Waals surface area contributed by atoms with E-state index in [9.17, 15) is 0 Å². The van der Waals surface area contributed by atoms with E-state index >= 15 is 0 Å². The summed E-state index contributed by atoms with van der Waals surface area (Å²) in [4.78, 5) is 10.1. The van der Waals surface area contributed by atoms with Gasteiger partial charge in [0.05, 0.1) is 17.1 Å². The zero-order chi connectivity index (χ0) is 19.4. The number of aromatic nitrogens is 2. The van der Waals surface area contributed by atoms with E-state index in [1.165, 1.54) is 17.5 Å². The van der Waals surface area contributed by atoms with Crippen molar-refractivity contribution < 1.29 is 0 Å². The Morgan fingerprint density at radius 1 is 1.00 bits per heavy atom. The second kappa shape index (κ2) is 8.57. The van der Waals surface area contributed by atoms with E-state index in [1.54, 1.807) is 0 Å². The molecule has 0 bridgehead atoms. The molecule has 142 valence electrons. The molecule has 0 saturated carbocycles. The highest BCUT2D eigenvalue weighted by Crippen LogP contribution is 2.33. The Morgan fingerprint density at radius 3 is 2.26 bits per heavy atom. The lowest BCUT2D eigenvalue weighted by molar-refractivity contribution is 0.665. The summed E-state index contributed by atoms with van der Waals surface area (Å²) in [5.74, 6) is 3.83. The molecular formula is C24H31N3. The molecular weight excluding hydrogens is 330 g/mol. The smallest absolute Gasteiger partial charge is 0.148 e. The Labute approximate surface area is 164 Å². The Bertz CT molecular complexity index is 857. The SMILES string of the molecule is C#Cc1cc2c(cc1-c1nc(CC)c(NC(CC)CC)nc1CC)CCC2. The van der Waals surface area contributed by atoms with E-state index in [0.717, 1.165) is 72.6 Å². The first-order valence-electron chi connectivity index (χ1n) is 10.4. The predicted octanol–water partition coefficient (Wildman–Crippen LogP) is 5.34. The number of terminal acetylenes is 1. The van der Waals surface area contributed by atoms with Crippen molar-refractivity contribution in [2.24, 2.45) is 0 Å².